The fourth-order valence-corrected chi connectivity index (χ4v) is 2.59. The summed E-state index contributed by atoms with van der Waals surface area (Å²) in [5.74, 6) is 0.920. The van der Waals surface area contributed by atoms with Gasteiger partial charge < -0.3 is 14.8 Å². The first-order valence-corrected chi connectivity index (χ1v) is 6.75. The van der Waals surface area contributed by atoms with E-state index in [1.165, 1.54) is 17.5 Å². The second-order valence-electron chi connectivity index (χ2n) is 4.80. The lowest BCUT2D eigenvalue weighted by Crippen LogP contribution is -2.28. The third kappa shape index (κ3) is 2.68. The minimum Gasteiger partial charge on any atom is -0.497 e. The average Bonchev–Trinajstić information content (AvgIpc) is 2.75. The molecular weight excluding hydrogens is 226 g/mol. The molecule has 1 aromatic carbocycles. The van der Waals surface area contributed by atoms with Crippen molar-refractivity contribution < 1.29 is 9.47 Å². The largest absolute Gasteiger partial charge is 0.497 e. The van der Waals surface area contributed by atoms with Crippen molar-refractivity contribution in [3.63, 3.8) is 0 Å². The van der Waals surface area contributed by atoms with E-state index in [2.05, 4.69) is 24.4 Å². The maximum atomic E-state index is 6.00. The van der Waals surface area contributed by atoms with E-state index in [1.54, 1.807) is 7.11 Å². The Kier molecular flexibility index (Phi) is 4.61. The van der Waals surface area contributed by atoms with Crippen molar-refractivity contribution in [1.29, 1.82) is 0 Å². The summed E-state index contributed by atoms with van der Waals surface area (Å²) in [6, 6.07) is 6.59. The monoisotopic (exact) mass is 249 g/mol. The molecule has 0 saturated heterocycles. The van der Waals surface area contributed by atoms with Gasteiger partial charge in [-0.05, 0) is 36.7 Å². The molecular formula is C15H23NO2. The SMILES string of the molecule is CCCCOC1Cc2ccc(OC)cc2C1NC. The summed E-state index contributed by atoms with van der Waals surface area (Å²) in [6.45, 7) is 3.04. The van der Waals surface area contributed by atoms with E-state index in [9.17, 15) is 0 Å². The Morgan fingerprint density at radius 2 is 2.22 bits per heavy atom. The van der Waals surface area contributed by atoms with Gasteiger partial charge in [-0.25, -0.2) is 0 Å². The second kappa shape index (κ2) is 6.21. The van der Waals surface area contributed by atoms with Crippen LogP contribution in [0, 0.1) is 0 Å². The molecule has 2 atom stereocenters. The molecule has 2 rings (SSSR count). The van der Waals surface area contributed by atoms with Crippen molar-refractivity contribution in [3.05, 3.63) is 29.3 Å². The molecule has 0 saturated carbocycles. The first kappa shape index (κ1) is 13.4. The molecule has 1 aromatic rings. The van der Waals surface area contributed by atoms with Gasteiger partial charge in [-0.2, -0.15) is 0 Å². The summed E-state index contributed by atoms with van der Waals surface area (Å²) >= 11 is 0. The van der Waals surface area contributed by atoms with E-state index in [-0.39, 0.29) is 12.1 Å². The molecule has 0 heterocycles. The van der Waals surface area contributed by atoms with Crippen LogP contribution < -0.4 is 10.1 Å². The molecule has 0 fully saturated rings. The zero-order valence-electron chi connectivity index (χ0n) is 11.5. The predicted molar refractivity (Wildman–Crippen MR) is 73.1 cm³/mol. The number of ether oxygens (including phenoxy) is 2. The van der Waals surface area contributed by atoms with Crippen LogP contribution in [0.1, 0.15) is 36.9 Å². The molecule has 1 aliphatic carbocycles. The van der Waals surface area contributed by atoms with E-state index in [4.69, 9.17) is 9.47 Å². The smallest absolute Gasteiger partial charge is 0.119 e. The summed E-state index contributed by atoms with van der Waals surface area (Å²) in [6.07, 6.45) is 3.56. The van der Waals surface area contributed by atoms with E-state index in [0.717, 1.165) is 25.2 Å². The van der Waals surface area contributed by atoms with Gasteiger partial charge in [0.1, 0.15) is 5.75 Å². The minimum atomic E-state index is 0.253. The maximum Gasteiger partial charge on any atom is 0.119 e. The zero-order chi connectivity index (χ0) is 13.0. The van der Waals surface area contributed by atoms with Crippen LogP contribution >= 0.6 is 0 Å². The predicted octanol–water partition coefficient (Wildman–Crippen LogP) is 2.70. The van der Waals surface area contributed by atoms with Crippen LogP contribution in [0.25, 0.3) is 0 Å². The standard InChI is InChI=1S/C15H23NO2/c1-4-5-8-18-14-9-11-6-7-12(17-3)10-13(11)15(14)16-2/h6-7,10,14-16H,4-5,8-9H2,1-3H3. The highest BCUT2D eigenvalue weighted by Crippen LogP contribution is 2.35. The number of benzene rings is 1. The van der Waals surface area contributed by atoms with Gasteiger partial charge in [0, 0.05) is 13.0 Å². The number of hydrogen-bond donors (Lipinski definition) is 1. The number of unbranched alkanes of at least 4 members (excludes halogenated alkanes) is 1. The molecule has 18 heavy (non-hydrogen) atoms. The molecule has 0 aliphatic heterocycles. The fraction of sp³-hybridized carbons (Fsp3) is 0.600. The molecule has 100 valence electrons. The van der Waals surface area contributed by atoms with Gasteiger partial charge in [-0.15, -0.1) is 0 Å². The van der Waals surface area contributed by atoms with Crippen molar-refractivity contribution in [2.75, 3.05) is 20.8 Å². The quantitative estimate of drug-likeness (QED) is 0.786. The highest BCUT2D eigenvalue weighted by Gasteiger charge is 2.32. The van der Waals surface area contributed by atoms with E-state index in [0.29, 0.717) is 0 Å². The Bertz CT molecular complexity index is 392. The molecule has 1 aliphatic rings. The van der Waals surface area contributed by atoms with E-state index in [1.807, 2.05) is 13.1 Å². The summed E-state index contributed by atoms with van der Waals surface area (Å²) < 4.78 is 11.3. The van der Waals surface area contributed by atoms with Crippen LogP contribution in [-0.2, 0) is 11.2 Å². The van der Waals surface area contributed by atoms with Gasteiger partial charge in [0.2, 0.25) is 0 Å². The Labute approximate surface area is 109 Å². The molecule has 0 aromatic heterocycles. The number of likely N-dealkylation sites (N-methyl/N-ethyl adjacent to an activating group) is 1. The molecule has 1 N–H and O–H groups in total. The van der Waals surface area contributed by atoms with Gasteiger partial charge >= 0.3 is 0 Å². The van der Waals surface area contributed by atoms with E-state index < -0.39 is 0 Å². The summed E-state index contributed by atoms with van der Waals surface area (Å²) in [5, 5.41) is 3.37. The van der Waals surface area contributed by atoms with Crippen LogP contribution in [0.2, 0.25) is 0 Å². The number of fused-ring (bicyclic) bond motifs is 1. The molecule has 0 amide bonds. The van der Waals surface area contributed by atoms with Crippen molar-refractivity contribution in [2.24, 2.45) is 0 Å². The van der Waals surface area contributed by atoms with Gasteiger partial charge in [0.05, 0.1) is 19.3 Å². The van der Waals surface area contributed by atoms with Crippen molar-refractivity contribution >= 4 is 0 Å². The highest BCUT2D eigenvalue weighted by atomic mass is 16.5. The van der Waals surface area contributed by atoms with Crippen LogP contribution in [0.3, 0.4) is 0 Å². The van der Waals surface area contributed by atoms with Crippen LogP contribution in [0.5, 0.6) is 5.75 Å². The molecule has 2 unspecified atom stereocenters. The summed E-state index contributed by atoms with van der Waals surface area (Å²) in [4.78, 5) is 0. The highest BCUT2D eigenvalue weighted by molar-refractivity contribution is 5.42. The van der Waals surface area contributed by atoms with Gasteiger partial charge in [0.15, 0.2) is 0 Å². The molecule has 3 heteroatoms. The second-order valence-corrected chi connectivity index (χ2v) is 4.80. The molecule has 0 spiro atoms. The number of nitrogens with one attached hydrogen (secondary N) is 1. The van der Waals surface area contributed by atoms with Crippen molar-refractivity contribution in [1.82, 2.24) is 5.32 Å². The Balaban J connectivity index is 2.10. The lowest BCUT2D eigenvalue weighted by molar-refractivity contribution is 0.0349. The van der Waals surface area contributed by atoms with Crippen LogP contribution in [-0.4, -0.2) is 26.9 Å². The fourth-order valence-electron chi connectivity index (χ4n) is 2.59. The number of methoxy groups -OCH3 is 1. The Morgan fingerprint density at radius 1 is 1.39 bits per heavy atom. The van der Waals surface area contributed by atoms with E-state index >= 15 is 0 Å². The summed E-state index contributed by atoms with van der Waals surface area (Å²) in [5.41, 5.74) is 2.69. The first-order chi connectivity index (χ1) is 8.80. The van der Waals surface area contributed by atoms with Crippen molar-refractivity contribution in [3.8, 4) is 5.75 Å². The third-order valence-electron chi connectivity index (χ3n) is 3.62. The average molecular weight is 249 g/mol. The molecule has 0 bridgehead atoms. The third-order valence-corrected chi connectivity index (χ3v) is 3.62. The van der Waals surface area contributed by atoms with Gasteiger partial charge in [-0.3, -0.25) is 0 Å². The number of hydrogen-bond acceptors (Lipinski definition) is 3. The zero-order valence-corrected chi connectivity index (χ0v) is 11.5. The van der Waals surface area contributed by atoms with Crippen molar-refractivity contribution in [2.45, 2.75) is 38.3 Å². The van der Waals surface area contributed by atoms with Crippen LogP contribution in [0.4, 0.5) is 0 Å². The van der Waals surface area contributed by atoms with Crippen LogP contribution in [0.15, 0.2) is 18.2 Å². The van der Waals surface area contributed by atoms with Gasteiger partial charge in [-0.1, -0.05) is 19.4 Å². The molecule has 0 radical (unpaired) electrons. The Hall–Kier alpha value is -1.06. The Morgan fingerprint density at radius 3 is 2.89 bits per heavy atom. The minimum absolute atomic E-state index is 0.253. The van der Waals surface area contributed by atoms with Gasteiger partial charge in [0.25, 0.3) is 0 Å². The topological polar surface area (TPSA) is 30.5 Å². The maximum absolute atomic E-state index is 6.00. The normalized spacial score (nSPS) is 21.9. The summed E-state index contributed by atoms with van der Waals surface area (Å²) in [7, 11) is 3.70. The number of rotatable bonds is 6. The lowest BCUT2D eigenvalue weighted by Gasteiger charge is -2.20. The molecule has 3 nitrogen and oxygen atoms in total. The lowest BCUT2D eigenvalue weighted by atomic mass is 10.1. The first-order valence-electron chi connectivity index (χ1n) is 6.75.